The average molecular weight is 336 g/mol. The Hall–Kier alpha value is -2.62. The van der Waals surface area contributed by atoms with Gasteiger partial charge in [0.15, 0.2) is 0 Å². The van der Waals surface area contributed by atoms with Crippen molar-refractivity contribution >= 4 is 17.8 Å². The van der Waals surface area contributed by atoms with Gasteiger partial charge in [0.1, 0.15) is 11.3 Å². The van der Waals surface area contributed by atoms with Crippen molar-refractivity contribution in [1.29, 1.82) is 0 Å². The lowest BCUT2D eigenvalue weighted by molar-refractivity contribution is -0.0450. The van der Waals surface area contributed by atoms with Crippen LogP contribution in [-0.4, -0.2) is 67.0 Å². The second-order valence-corrected chi connectivity index (χ2v) is 6.74. The molecular formula is C14H20N6O4. The van der Waals surface area contributed by atoms with Crippen molar-refractivity contribution < 1.29 is 19.5 Å². The van der Waals surface area contributed by atoms with E-state index in [-0.39, 0.29) is 12.6 Å². The number of carbonyl (C=O) groups excluding carboxylic acids is 2. The van der Waals surface area contributed by atoms with Crippen LogP contribution < -0.4 is 5.32 Å². The van der Waals surface area contributed by atoms with Gasteiger partial charge in [0, 0.05) is 6.54 Å². The molecule has 2 aliphatic rings. The van der Waals surface area contributed by atoms with Crippen molar-refractivity contribution in [2.24, 2.45) is 0 Å². The highest BCUT2D eigenvalue weighted by molar-refractivity contribution is 5.79. The summed E-state index contributed by atoms with van der Waals surface area (Å²) in [4.78, 5) is 24.9. The van der Waals surface area contributed by atoms with Gasteiger partial charge in [0.25, 0.3) is 0 Å². The molecule has 1 aromatic heterocycles. The number of nitrogens with one attached hydrogen (secondary N) is 1. The monoisotopic (exact) mass is 336 g/mol. The number of alkyl carbamates (subject to hydrolysis) is 1. The van der Waals surface area contributed by atoms with Crippen LogP contribution >= 0.6 is 0 Å². The molecule has 130 valence electrons. The van der Waals surface area contributed by atoms with Crippen LogP contribution in [0, 0.1) is 0 Å². The third kappa shape index (κ3) is 3.32. The molecular weight excluding hydrogens is 316 g/mol. The van der Waals surface area contributed by atoms with Crippen LogP contribution in [-0.2, 0) is 11.3 Å². The van der Waals surface area contributed by atoms with Gasteiger partial charge in [-0.1, -0.05) is 5.21 Å². The van der Waals surface area contributed by atoms with Crippen molar-refractivity contribution in [3.63, 3.8) is 0 Å². The Kier molecular flexibility index (Phi) is 3.91. The van der Waals surface area contributed by atoms with Gasteiger partial charge >= 0.3 is 12.1 Å². The van der Waals surface area contributed by atoms with E-state index in [0.717, 1.165) is 10.8 Å². The van der Waals surface area contributed by atoms with Crippen LogP contribution in [0.4, 0.5) is 9.59 Å². The molecule has 0 radical (unpaired) electrons. The minimum Gasteiger partial charge on any atom is -0.444 e. The Morgan fingerprint density at radius 2 is 2.25 bits per heavy atom. The molecule has 2 N–H and O–H groups in total. The molecule has 1 fully saturated rings. The van der Waals surface area contributed by atoms with Crippen molar-refractivity contribution in [1.82, 2.24) is 30.3 Å². The number of nitrogens with zero attached hydrogens (tertiary/aromatic N) is 5. The highest BCUT2D eigenvalue weighted by atomic mass is 16.6. The van der Waals surface area contributed by atoms with E-state index in [9.17, 15) is 14.8 Å². The topological polar surface area (TPSA) is 113 Å². The average Bonchev–Trinajstić information content (AvgIpc) is 3.04. The van der Waals surface area contributed by atoms with E-state index in [2.05, 4.69) is 15.6 Å². The van der Waals surface area contributed by atoms with E-state index in [1.807, 2.05) is 0 Å². The number of rotatable bonds is 3. The van der Waals surface area contributed by atoms with Crippen LogP contribution in [0.25, 0.3) is 5.70 Å². The maximum Gasteiger partial charge on any atom is 0.407 e. The first kappa shape index (κ1) is 16.2. The Bertz CT molecular complexity index is 692. The second-order valence-electron chi connectivity index (χ2n) is 6.74. The molecule has 1 atom stereocenters. The minimum atomic E-state index is -0.564. The number of ether oxygens (including phenoxy) is 1. The van der Waals surface area contributed by atoms with E-state index in [4.69, 9.17) is 4.74 Å². The molecule has 2 aliphatic heterocycles. The molecule has 3 amide bonds. The van der Waals surface area contributed by atoms with Gasteiger partial charge in [-0.2, -0.15) is 5.06 Å². The van der Waals surface area contributed by atoms with E-state index in [1.54, 1.807) is 33.0 Å². The number of hydrogen-bond donors (Lipinski definition) is 2. The fourth-order valence-corrected chi connectivity index (χ4v) is 2.54. The molecule has 24 heavy (non-hydrogen) atoms. The Labute approximate surface area is 138 Å². The lowest BCUT2D eigenvalue weighted by Crippen LogP contribution is -2.32. The lowest BCUT2D eigenvalue weighted by Gasteiger charge is -2.20. The normalized spacial score (nSPS) is 20.2. The first-order chi connectivity index (χ1) is 11.2. The Morgan fingerprint density at radius 1 is 1.50 bits per heavy atom. The minimum absolute atomic E-state index is 0.181. The lowest BCUT2D eigenvalue weighted by atomic mass is 10.2. The van der Waals surface area contributed by atoms with Gasteiger partial charge < -0.3 is 15.0 Å². The maximum absolute atomic E-state index is 11.7. The maximum atomic E-state index is 11.7. The Balaban J connectivity index is 1.61. The third-order valence-corrected chi connectivity index (χ3v) is 3.57. The molecule has 1 saturated heterocycles. The largest absolute Gasteiger partial charge is 0.444 e. The number of fused-ring (bicyclic) bond motifs is 2. The predicted molar refractivity (Wildman–Crippen MR) is 81.8 cm³/mol. The first-order valence-electron chi connectivity index (χ1n) is 7.59. The summed E-state index contributed by atoms with van der Waals surface area (Å²) < 4.78 is 6.69. The van der Waals surface area contributed by atoms with Crippen molar-refractivity contribution in [3.8, 4) is 0 Å². The zero-order valence-electron chi connectivity index (χ0n) is 13.8. The summed E-state index contributed by atoms with van der Waals surface area (Å²) >= 11 is 0. The molecule has 10 nitrogen and oxygen atoms in total. The summed E-state index contributed by atoms with van der Waals surface area (Å²) in [5.74, 6) is 0. The molecule has 2 bridgehead atoms. The smallest absolute Gasteiger partial charge is 0.407 e. The zero-order valence-corrected chi connectivity index (χ0v) is 13.8. The van der Waals surface area contributed by atoms with Crippen molar-refractivity contribution in [3.05, 3.63) is 18.0 Å². The number of aromatic nitrogens is 3. The fraction of sp³-hybridized carbons (Fsp3) is 0.571. The van der Waals surface area contributed by atoms with Gasteiger partial charge in [0.2, 0.25) is 0 Å². The van der Waals surface area contributed by atoms with Crippen molar-refractivity contribution in [2.75, 3.05) is 13.1 Å². The van der Waals surface area contributed by atoms with Crippen LogP contribution in [0.15, 0.2) is 12.3 Å². The summed E-state index contributed by atoms with van der Waals surface area (Å²) in [5, 5.41) is 21.0. The van der Waals surface area contributed by atoms with Gasteiger partial charge in [0.05, 0.1) is 31.0 Å². The molecule has 0 aromatic carbocycles. The van der Waals surface area contributed by atoms with E-state index in [1.165, 1.54) is 9.58 Å². The van der Waals surface area contributed by atoms with Gasteiger partial charge in [-0.05, 0) is 26.8 Å². The molecule has 1 aromatic rings. The fourth-order valence-electron chi connectivity index (χ4n) is 2.54. The standard InChI is InChI=1S/C14H20N6O4/c1-14(2,3)24-12(21)15-5-9-6-19(17-16-9)10-4-11-8-18(7-10)13(22)20(11)23/h4,6,11,23H,5,7-8H2,1-3H3,(H,15,21). The number of amides is 3. The Morgan fingerprint density at radius 3 is 2.92 bits per heavy atom. The number of urea groups is 1. The zero-order chi connectivity index (χ0) is 17.5. The third-order valence-electron chi connectivity index (χ3n) is 3.57. The highest BCUT2D eigenvalue weighted by Gasteiger charge is 2.39. The molecule has 3 heterocycles. The summed E-state index contributed by atoms with van der Waals surface area (Å²) in [6, 6.07) is -0.799. The molecule has 0 aliphatic carbocycles. The van der Waals surface area contributed by atoms with Crippen LogP contribution in [0.5, 0.6) is 0 Å². The molecule has 10 heteroatoms. The highest BCUT2D eigenvalue weighted by Crippen LogP contribution is 2.24. The van der Waals surface area contributed by atoms with E-state index < -0.39 is 17.7 Å². The van der Waals surface area contributed by atoms with Crippen LogP contribution in [0.2, 0.25) is 0 Å². The SMILES string of the molecule is CC(C)(C)OC(=O)NCc1cn(C2=CC3CN(C2)C(=O)N3O)nn1. The van der Waals surface area contributed by atoms with Gasteiger partial charge in [-0.3, -0.25) is 5.21 Å². The summed E-state index contributed by atoms with van der Waals surface area (Å²) in [6.07, 6.45) is 2.92. The van der Waals surface area contributed by atoms with E-state index in [0.29, 0.717) is 18.8 Å². The van der Waals surface area contributed by atoms with Crippen LogP contribution in [0.3, 0.4) is 0 Å². The molecule has 3 rings (SSSR count). The van der Waals surface area contributed by atoms with E-state index >= 15 is 0 Å². The predicted octanol–water partition coefficient (Wildman–Crippen LogP) is 0.653. The first-order valence-corrected chi connectivity index (χ1v) is 7.59. The summed E-state index contributed by atoms with van der Waals surface area (Å²) in [7, 11) is 0. The quantitative estimate of drug-likeness (QED) is 0.784. The van der Waals surface area contributed by atoms with Gasteiger partial charge in [-0.25, -0.2) is 14.3 Å². The molecule has 0 saturated carbocycles. The molecule has 0 spiro atoms. The van der Waals surface area contributed by atoms with Crippen LogP contribution in [0.1, 0.15) is 26.5 Å². The molecule has 1 unspecified atom stereocenters. The second kappa shape index (κ2) is 5.78. The number of carbonyl (C=O) groups is 2. The van der Waals surface area contributed by atoms with Gasteiger partial charge in [-0.15, -0.1) is 5.10 Å². The number of hydroxylamine groups is 2. The van der Waals surface area contributed by atoms with Crippen molar-refractivity contribution in [2.45, 2.75) is 39.0 Å². The number of hydrogen-bond acceptors (Lipinski definition) is 6. The summed E-state index contributed by atoms with van der Waals surface area (Å²) in [5.41, 5.74) is 0.736. The summed E-state index contributed by atoms with van der Waals surface area (Å²) in [6.45, 7) is 6.34.